The van der Waals surface area contributed by atoms with E-state index in [4.69, 9.17) is 11.6 Å². The Balaban J connectivity index is 1.72. The summed E-state index contributed by atoms with van der Waals surface area (Å²) in [7, 11) is 0. The van der Waals surface area contributed by atoms with Crippen LogP contribution >= 0.6 is 11.6 Å². The Morgan fingerprint density at radius 2 is 2.13 bits per heavy atom. The Bertz CT molecular complexity index is 566. The Labute approximate surface area is 144 Å². The van der Waals surface area contributed by atoms with Gasteiger partial charge in [-0.05, 0) is 79.6 Å². The average Bonchev–Trinajstić information content (AvgIpc) is 2.83. The summed E-state index contributed by atoms with van der Waals surface area (Å²) in [5.74, 6) is 3.23. The summed E-state index contributed by atoms with van der Waals surface area (Å²) in [5.41, 5.74) is 3.14. The Hall–Kier alpha value is -0.600. The number of aliphatic hydroxyl groups is 1. The van der Waals surface area contributed by atoms with Crippen molar-refractivity contribution in [3.05, 3.63) is 23.3 Å². The molecule has 0 radical (unpaired) electrons. The lowest BCUT2D eigenvalue weighted by Crippen LogP contribution is -2.50. The molecule has 0 aromatic rings. The van der Waals surface area contributed by atoms with E-state index >= 15 is 0 Å². The molecule has 0 bridgehead atoms. The molecule has 0 aromatic heterocycles. The third kappa shape index (κ3) is 2.36. The van der Waals surface area contributed by atoms with Gasteiger partial charge >= 0.3 is 0 Å². The summed E-state index contributed by atoms with van der Waals surface area (Å²) < 4.78 is 0. The molecule has 0 spiro atoms. The highest BCUT2D eigenvalue weighted by Crippen LogP contribution is 2.63. The number of hydrogen-bond acceptors (Lipinski definition) is 2. The molecule has 1 N–H and O–H groups in total. The van der Waals surface area contributed by atoms with Gasteiger partial charge in [0.1, 0.15) is 0 Å². The van der Waals surface area contributed by atoms with Crippen molar-refractivity contribution in [2.24, 2.45) is 35.0 Å². The van der Waals surface area contributed by atoms with Crippen molar-refractivity contribution in [3.8, 4) is 0 Å². The third-order valence-electron chi connectivity index (χ3n) is 7.66. The predicted molar refractivity (Wildman–Crippen MR) is 92.0 cm³/mol. The van der Waals surface area contributed by atoms with Gasteiger partial charge in [-0.15, -0.1) is 0 Å². The number of hydrogen-bond donors (Lipinski definition) is 1. The molecule has 4 aliphatic rings. The lowest BCUT2D eigenvalue weighted by atomic mass is 9.49. The van der Waals surface area contributed by atoms with Crippen molar-refractivity contribution in [1.82, 2.24) is 0 Å². The van der Waals surface area contributed by atoms with Crippen LogP contribution in [0.1, 0.15) is 51.9 Å². The normalized spacial score (nSPS) is 49.5. The minimum atomic E-state index is -0.140. The van der Waals surface area contributed by atoms with Crippen molar-refractivity contribution in [2.75, 3.05) is 0 Å². The van der Waals surface area contributed by atoms with Crippen LogP contribution in [0, 0.1) is 35.0 Å². The van der Waals surface area contributed by atoms with Crippen LogP contribution in [0.2, 0.25) is 0 Å². The fourth-order valence-corrected chi connectivity index (χ4v) is 6.74. The zero-order valence-electron chi connectivity index (χ0n) is 13.9. The highest BCUT2D eigenvalue weighted by atomic mass is 35.5. The van der Waals surface area contributed by atoms with E-state index in [0.717, 1.165) is 38.5 Å². The van der Waals surface area contributed by atoms with Crippen LogP contribution < -0.4 is 0 Å². The minimum absolute atomic E-state index is 0.0886. The monoisotopic (exact) mass is 334 g/mol. The quantitative estimate of drug-likeness (QED) is 0.768. The molecule has 0 heterocycles. The van der Waals surface area contributed by atoms with Crippen molar-refractivity contribution in [1.29, 1.82) is 0 Å². The van der Waals surface area contributed by atoms with E-state index in [2.05, 4.69) is 13.0 Å². The summed E-state index contributed by atoms with van der Waals surface area (Å²) >= 11 is 5.96. The van der Waals surface area contributed by atoms with Crippen molar-refractivity contribution < 1.29 is 9.90 Å². The van der Waals surface area contributed by atoms with Gasteiger partial charge < -0.3 is 5.11 Å². The molecular weight excluding hydrogens is 308 g/mol. The number of carbonyl (C=O) groups is 1. The Morgan fingerprint density at radius 3 is 2.91 bits per heavy atom. The van der Waals surface area contributed by atoms with Crippen LogP contribution in [0.4, 0.5) is 0 Å². The molecule has 126 valence electrons. The first-order valence-corrected chi connectivity index (χ1v) is 9.66. The number of rotatable bonds is 1. The summed E-state index contributed by atoms with van der Waals surface area (Å²) in [6, 6.07) is 0. The highest BCUT2D eigenvalue weighted by Gasteiger charge is 2.57. The molecule has 0 aliphatic heterocycles. The van der Waals surface area contributed by atoms with Gasteiger partial charge in [0.05, 0.1) is 6.10 Å². The van der Waals surface area contributed by atoms with E-state index in [9.17, 15) is 9.90 Å². The van der Waals surface area contributed by atoms with Crippen LogP contribution in [0.5, 0.6) is 0 Å². The predicted octanol–water partition coefficient (Wildman–Crippen LogP) is 4.47. The summed E-state index contributed by atoms with van der Waals surface area (Å²) in [5, 5.41) is 10.6. The Kier molecular flexibility index (Phi) is 3.97. The summed E-state index contributed by atoms with van der Waals surface area (Å²) in [6.07, 6.45) is 11.1. The SMILES string of the molecule is C[C@]12CC[C@H]3[C@@H]([C@H](/C=C\Cl)CC4=CC(=O)CC[C@@H]43)[C@@H]1CC[C@@H]2O. The van der Waals surface area contributed by atoms with Gasteiger partial charge in [0.2, 0.25) is 0 Å². The number of allylic oxidation sites excluding steroid dienone is 2. The first-order chi connectivity index (χ1) is 11.0. The highest BCUT2D eigenvalue weighted by molar-refractivity contribution is 6.25. The molecule has 3 heteroatoms. The maximum Gasteiger partial charge on any atom is 0.155 e. The summed E-state index contributed by atoms with van der Waals surface area (Å²) in [6.45, 7) is 2.31. The molecule has 7 atom stereocenters. The van der Waals surface area contributed by atoms with Gasteiger partial charge in [-0.2, -0.15) is 0 Å². The van der Waals surface area contributed by atoms with Gasteiger partial charge in [0, 0.05) is 12.0 Å². The van der Waals surface area contributed by atoms with E-state index in [1.165, 1.54) is 12.0 Å². The van der Waals surface area contributed by atoms with Crippen LogP contribution in [0.15, 0.2) is 23.3 Å². The molecule has 0 unspecified atom stereocenters. The molecule has 0 amide bonds. The first kappa shape index (κ1) is 15.9. The zero-order chi connectivity index (χ0) is 16.2. The van der Waals surface area contributed by atoms with Gasteiger partial charge in [0.25, 0.3) is 0 Å². The van der Waals surface area contributed by atoms with Gasteiger partial charge in [-0.3, -0.25) is 4.79 Å². The van der Waals surface area contributed by atoms with E-state index < -0.39 is 0 Å². The number of fused-ring (bicyclic) bond motifs is 5. The van der Waals surface area contributed by atoms with Crippen LogP contribution in [0.3, 0.4) is 0 Å². The van der Waals surface area contributed by atoms with E-state index in [-0.39, 0.29) is 11.5 Å². The van der Waals surface area contributed by atoms with Gasteiger partial charge in [-0.25, -0.2) is 0 Å². The second-order valence-corrected chi connectivity index (χ2v) is 8.75. The number of carbonyl (C=O) groups excluding carboxylic acids is 1. The number of halogens is 1. The second-order valence-electron chi connectivity index (χ2n) is 8.50. The fraction of sp³-hybridized carbons (Fsp3) is 0.750. The fourth-order valence-electron chi connectivity index (χ4n) is 6.55. The lowest BCUT2D eigenvalue weighted by Gasteiger charge is -2.55. The number of aliphatic hydroxyl groups excluding tert-OH is 1. The van der Waals surface area contributed by atoms with Crippen LogP contribution in [-0.4, -0.2) is 17.0 Å². The molecule has 0 saturated heterocycles. The maximum atomic E-state index is 11.9. The minimum Gasteiger partial charge on any atom is -0.393 e. The standard InChI is InChI=1S/C20H27ClO2/c1-20-8-6-16-15-3-2-14(22)11-13(15)10-12(7-9-21)19(16)17(20)4-5-18(20)23/h7,9,11-12,15-19,23H,2-6,8,10H2,1H3/b9-7-/t12-,15+,16-,17+,18+,19-,20+/m1/s1. The van der Waals surface area contributed by atoms with Crippen LogP contribution in [0.25, 0.3) is 0 Å². The van der Waals surface area contributed by atoms with Crippen molar-refractivity contribution in [2.45, 2.75) is 58.0 Å². The van der Waals surface area contributed by atoms with E-state index in [1.54, 1.807) is 5.54 Å². The molecule has 2 nitrogen and oxygen atoms in total. The maximum absolute atomic E-state index is 11.9. The van der Waals surface area contributed by atoms with Gasteiger partial charge in [0.15, 0.2) is 5.78 Å². The van der Waals surface area contributed by atoms with E-state index in [1.807, 2.05) is 6.08 Å². The third-order valence-corrected chi connectivity index (χ3v) is 7.81. The smallest absolute Gasteiger partial charge is 0.155 e. The molecule has 4 rings (SSSR count). The van der Waals surface area contributed by atoms with E-state index in [0.29, 0.717) is 35.4 Å². The Morgan fingerprint density at radius 1 is 1.30 bits per heavy atom. The molecule has 0 aromatic carbocycles. The largest absolute Gasteiger partial charge is 0.393 e. The number of ketones is 1. The van der Waals surface area contributed by atoms with Crippen LogP contribution in [-0.2, 0) is 4.79 Å². The average molecular weight is 335 g/mol. The molecular formula is C20H27ClO2. The van der Waals surface area contributed by atoms with Crippen molar-refractivity contribution >= 4 is 17.4 Å². The first-order valence-electron chi connectivity index (χ1n) is 9.23. The second kappa shape index (κ2) is 5.74. The summed E-state index contributed by atoms with van der Waals surface area (Å²) in [4.78, 5) is 11.9. The zero-order valence-corrected chi connectivity index (χ0v) is 14.6. The lowest BCUT2D eigenvalue weighted by molar-refractivity contribution is -0.116. The molecule has 23 heavy (non-hydrogen) atoms. The van der Waals surface area contributed by atoms with Crippen molar-refractivity contribution in [3.63, 3.8) is 0 Å². The molecule has 4 aliphatic carbocycles. The topological polar surface area (TPSA) is 37.3 Å². The van der Waals surface area contributed by atoms with Gasteiger partial charge in [-0.1, -0.05) is 30.2 Å². The molecule has 3 fully saturated rings. The molecule has 3 saturated carbocycles.